The van der Waals surface area contributed by atoms with Crippen LogP contribution in [0.4, 0.5) is 4.39 Å². The second-order valence-corrected chi connectivity index (χ2v) is 5.37. The van der Waals surface area contributed by atoms with Crippen LogP contribution in [0, 0.1) is 5.82 Å². The fraction of sp³-hybridized carbons (Fsp3) is 0.600. The van der Waals surface area contributed by atoms with Gasteiger partial charge in [-0.05, 0) is 33.4 Å². The van der Waals surface area contributed by atoms with E-state index in [9.17, 15) is 9.50 Å². The Morgan fingerprint density at radius 3 is 2.68 bits per heavy atom. The predicted molar refractivity (Wildman–Crippen MR) is 74.9 cm³/mol. The van der Waals surface area contributed by atoms with Gasteiger partial charge in [-0.15, -0.1) is 0 Å². The van der Waals surface area contributed by atoms with Gasteiger partial charge in [-0.2, -0.15) is 0 Å². The quantitative estimate of drug-likeness (QED) is 0.799. The highest BCUT2D eigenvalue weighted by molar-refractivity contribution is 5.36. The van der Waals surface area contributed by atoms with Crippen LogP contribution in [0.3, 0.4) is 0 Å². The van der Waals surface area contributed by atoms with Gasteiger partial charge in [-0.3, -0.25) is 0 Å². The van der Waals surface area contributed by atoms with Crippen LogP contribution in [0.5, 0.6) is 5.75 Å². The standard InChI is InChI=1S/C15H24FNO2/c1-5-17-11(2)13-7-6-12(16)10-14(13)19-9-8-15(3,4)18/h6-7,10-11,17-18H,5,8-9H2,1-4H3. The van der Waals surface area contributed by atoms with E-state index in [1.54, 1.807) is 19.9 Å². The zero-order valence-electron chi connectivity index (χ0n) is 12.2. The molecule has 0 spiro atoms. The monoisotopic (exact) mass is 269 g/mol. The normalized spacial score (nSPS) is 13.4. The van der Waals surface area contributed by atoms with Crippen LogP contribution in [-0.4, -0.2) is 23.9 Å². The van der Waals surface area contributed by atoms with Crippen molar-refractivity contribution in [3.8, 4) is 5.75 Å². The summed E-state index contributed by atoms with van der Waals surface area (Å²) >= 11 is 0. The average Bonchev–Trinajstić information content (AvgIpc) is 2.27. The van der Waals surface area contributed by atoms with Gasteiger partial charge < -0.3 is 15.2 Å². The molecule has 0 aliphatic heterocycles. The molecule has 1 aromatic rings. The van der Waals surface area contributed by atoms with Gasteiger partial charge in [0.2, 0.25) is 0 Å². The first-order valence-corrected chi connectivity index (χ1v) is 6.71. The second-order valence-electron chi connectivity index (χ2n) is 5.37. The van der Waals surface area contributed by atoms with Gasteiger partial charge in [0.15, 0.2) is 0 Å². The van der Waals surface area contributed by atoms with Gasteiger partial charge in [0.1, 0.15) is 11.6 Å². The first-order valence-electron chi connectivity index (χ1n) is 6.71. The van der Waals surface area contributed by atoms with E-state index in [4.69, 9.17) is 4.74 Å². The maximum atomic E-state index is 13.3. The molecule has 1 aromatic carbocycles. The molecule has 0 fully saturated rings. The molecule has 0 heterocycles. The molecule has 108 valence electrons. The van der Waals surface area contributed by atoms with Crippen molar-refractivity contribution in [2.45, 2.75) is 45.8 Å². The third kappa shape index (κ3) is 5.57. The molecule has 19 heavy (non-hydrogen) atoms. The summed E-state index contributed by atoms with van der Waals surface area (Å²) in [6.45, 7) is 8.68. The lowest BCUT2D eigenvalue weighted by molar-refractivity contribution is 0.0551. The summed E-state index contributed by atoms with van der Waals surface area (Å²) in [5.41, 5.74) is 0.153. The number of hydrogen-bond acceptors (Lipinski definition) is 3. The van der Waals surface area contributed by atoms with Crippen molar-refractivity contribution >= 4 is 0 Å². The third-order valence-corrected chi connectivity index (χ3v) is 2.92. The summed E-state index contributed by atoms with van der Waals surface area (Å²) in [4.78, 5) is 0. The van der Waals surface area contributed by atoms with Crippen molar-refractivity contribution < 1.29 is 14.2 Å². The molecule has 0 bridgehead atoms. The van der Waals surface area contributed by atoms with E-state index in [0.717, 1.165) is 12.1 Å². The minimum atomic E-state index is -0.777. The molecule has 3 nitrogen and oxygen atoms in total. The van der Waals surface area contributed by atoms with E-state index in [1.165, 1.54) is 12.1 Å². The molecule has 0 aromatic heterocycles. The highest BCUT2D eigenvalue weighted by Crippen LogP contribution is 2.26. The Labute approximate surface area is 114 Å². The lowest BCUT2D eigenvalue weighted by Crippen LogP contribution is -2.23. The van der Waals surface area contributed by atoms with Crippen LogP contribution >= 0.6 is 0 Å². The molecule has 0 radical (unpaired) electrons. The summed E-state index contributed by atoms with van der Waals surface area (Å²) in [5.74, 6) is 0.225. The fourth-order valence-corrected chi connectivity index (χ4v) is 1.82. The minimum Gasteiger partial charge on any atom is -0.493 e. The molecule has 1 rings (SSSR count). The highest BCUT2D eigenvalue weighted by Gasteiger charge is 2.15. The van der Waals surface area contributed by atoms with Crippen molar-refractivity contribution in [3.05, 3.63) is 29.6 Å². The van der Waals surface area contributed by atoms with Gasteiger partial charge >= 0.3 is 0 Å². The predicted octanol–water partition coefficient (Wildman–Crippen LogP) is 3.04. The van der Waals surface area contributed by atoms with E-state index in [1.807, 2.05) is 13.8 Å². The van der Waals surface area contributed by atoms with Crippen LogP contribution in [-0.2, 0) is 0 Å². The zero-order chi connectivity index (χ0) is 14.5. The third-order valence-electron chi connectivity index (χ3n) is 2.92. The Bertz CT molecular complexity index is 402. The Morgan fingerprint density at radius 1 is 1.42 bits per heavy atom. The summed E-state index contributed by atoms with van der Waals surface area (Å²) in [6.07, 6.45) is 0.499. The van der Waals surface area contributed by atoms with Crippen LogP contribution in [0.25, 0.3) is 0 Å². The van der Waals surface area contributed by atoms with Crippen LogP contribution < -0.4 is 10.1 Å². The number of aliphatic hydroxyl groups is 1. The second kappa shape index (κ2) is 6.87. The van der Waals surface area contributed by atoms with Gasteiger partial charge in [0, 0.05) is 24.1 Å². The summed E-state index contributed by atoms with van der Waals surface area (Å²) in [5, 5.41) is 12.9. The molecule has 1 unspecified atom stereocenters. The lowest BCUT2D eigenvalue weighted by atomic mass is 10.1. The maximum Gasteiger partial charge on any atom is 0.126 e. The van der Waals surface area contributed by atoms with Crippen LogP contribution in [0.15, 0.2) is 18.2 Å². The smallest absolute Gasteiger partial charge is 0.126 e. The minimum absolute atomic E-state index is 0.0998. The molecule has 2 N–H and O–H groups in total. The van der Waals surface area contributed by atoms with Crippen molar-refractivity contribution in [3.63, 3.8) is 0 Å². The van der Waals surface area contributed by atoms with Crippen molar-refractivity contribution in [2.24, 2.45) is 0 Å². The maximum absolute atomic E-state index is 13.3. The fourth-order valence-electron chi connectivity index (χ4n) is 1.82. The number of benzene rings is 1. The first-order chi connectivity index (χ1) is 8.83. The number of hydrogen-bond donors (Lipinski definition) is 2. The SMILES string of the molecule is CCNC(C)c1ccc(F)cc1OCCC(C)(C)O. The highest BCUT2D eigenvalue weighted by atomic mass is 19.1. The molecule has 0 aliphatic rings. The van der Waals surface area contributed by atoms with E-state index >= 15 is 0 Å². The first kappa shape index (κ1) is 15.9. The Morgan fingerprint density at radius 2 is 2.11 bits per heavy atom. The molecule has 0 aliphatic carbocycles. The molecule has 0 amide bonds. The summed E-state index contributed by atoms with van der Waals surface area (Å²) in [6, 6.07) is 4.67. The number of nitrogens with one attached hydrogen (secondary N) is 1. The van der Waals surface area contributed by atoms with E-state index in [0.29, 0.717) is 18.8 Å². The van der Waals surface area contributed by atoms with E-state index < -0.39 is 5.60 Å². The van der Waals surface area contributed by atoms with Crippen molar-refractivity contribution in [2.75, 3.05) is 13.2 Å². The molecule has 1 atom stereocenters. The molecular weight excluding hydrogens is 245 g/mol. The summed E-state index contributed by atoms with van der Waals surface area (Å²) in [7, 11) is 0. The van der Waals surface area contributed by atoms with Gasteiger partial charge in [0.25, 0.3) is 0 Å². The van der Waals surface area contributed by atoms with E-state index in [-0.39, 0.29) is 11.9 Å². The average molecular weight is 269 g/mol. The largest absolute Gasteiger partial charge is 0.493 e. The van der Waals surface area contributed by atoms with E-state index in [2.05, 4.69) is 5.32 Å². The molecule has 4 heteroatoms. The van der Waals surface area contributed by atoms with Gasteiger partial charge in [0.05, 0.1) is 12.2 Å². The summed E-state index contributed by atoms with van der Waals surface area (Å²) < 4.78 is 18.9. The molecule has 0 saturated carbocycles. The Kier molecular flexibility index (Phi) is 5.76. The van der Waals surface area contributed by atoms with Crippen molar-refractivity contribution in [1.82, 2.24) is 5.32 Å². The number of halogens is 1. The Hall–Kier alpha value is -1.13. The zero-order valence-corrected chi connectivity index (χ0v) is 12.2. The van der Waals surface area contributed by atoms with Crippen LogP contribution in [0.1, 0.15) is 45.7 Å². The van der Waals surface area contributed by atoms with Crippen molar-refractivity contribution in [1.29, 1.82) is 0 Å². The molecular formula is C15H24FNO2. The topological polar surface area (TPSA) is 41.5 Å². The molecule has 0 saturated heterocycles. The Balaban J connectivity index is 2.77. The number of ether oxygens (including phenoxy) is 1. The number of rotatable bonds is 7. The van der Waals surface area contributed by atoms with Gasteiger partial charge in [-0.25, -0.2) is 4.39 Å². The van der Waals surface area contributed by atoms with Gasteiger partial charge in [-0.1, -0.05) is 13.0 Å². The van der Waals surface area contributed by atoms with Crippen LogP contribution in [0.2, 0.25) is 0 Å². The lowest BCUT2D eigenvalue weighted by Gasteiger charge is -2.20.